The average Bonchev–Trinajstić information content (AvgIpc) is 3.14. The SMILES string of the molecule is CCN(CC)CCN(C(=O)c1ccc(F)cc1)c1nc2c(S(C)(=O)=O)cccc2s1.Cl. The van der Waals surface area contributed by atoms with E-state index in [0.717, 1.165) is 19.3 Å². The molecule has 0 bridgehead atoms. The normalized spacial score (nSPS) is 11.5. The van der Waals surface area contributed by atoms with Crippen molar-refractivity contribution < 1.29 is 17.6 Å². The number of sulfone groups is 1. The second kappa shape index (κ2) is 10.5. The molecule has 31 heavy (non-hydrogen) atoms. The number of hydrogen-bond acceptors (Lipinski definition) is 6. The molecule has 0 saturated carbocycles. The maximum absolute atomic E-state index is 13.3. The number of likely N-dealkylation sites (N-methyl/N-ethyl adjacent to an activating group) is 1. The molecule has 0 N–H and O–H groups in total. The van der Waals surface area contributed by atoms with Gasteiger partial charge >= 0.3 is 0 Å². The van der Waals surface area contributed by atoms with Gasteiger partial charge in [0.25, 0.3) is 5.91 Å². The number of hydrogen-bond donors (Lipinski definition) is 0. The number of thiazole rings is 1. The summed E-state index contributed by atoms with van der Waals surface area (Å²) in [5.74, 6) is -0.721. The van der Waals surface area contributed by atoms with Crippen LogP contribution >= 0.6 is 23.7 Å². The van der Waals surface area contributed by atoms with Crippen molar-refractivity contribution in [3.63, 3.8) is 0 Å². The van der Waals surface area contributed by atoms with E-state index in [1.165, 1.54) is 41.7 Å². The van der Waals surface area contributed by atoms with Crippen LogP contribution in [0.1, 0.15) is 24.2 Å². The Hall–Kier alpha value is -2.07. The number of nitrogens with zero attached hydrogens (tertiary/aromatic N) is 3. The van der Waals surface area contributed by atoms with Crippen molar-refractivity contribution in [1.29, 1.82) is 0 Å². The Bertz CT molecular complexity index is 1150. The molecule has 168 valence electrons. The number of para-hydroxylation sites is 1. The first-order valence-electron chi connectivity index (χ1n) is 9.64. The fraction of sp³-hybridized carbons (Fsp3) is 0.333. The largest absolute Gasteiger partial charge is 0.302 e. The molecular formula is C21H25ClFN3O3S2. The van der Waals surface area contributed by atoms with Gasteiger partial charge in [-0.25, -0.2) is 17.8 Å². The number of benzene rings is 2. The minimum absolute atomic E-state index is 0. The van der Waals surface area contributed by atoms with Crippen molar-refractivity contribution in [3.8, 4) is 0 Å². The molecule has 2 aromatic carbocycles. The Balaban J connectivity index is 0.00000341. The molecule has 6 nitrogen and oxygen atoms in total. The summed E-state index contributed by atoms with van der Waals surface area (Å²) in [7, 11) is -3.46. The highest BCUT2D eigenvalue weighted by atomic mass is 35.5. The first-order chi connectivity index (χ1) is 14.2. The molecule has 0 unspecified atom stereocenters. The van der Waals surface area contributed by atoms with E-state index >= 15 is 0 Å². The van der Waals surface area contributed by atoms with Gasteiger partial charge in [-0.1, -0.05) is 31.3 Å². The van der Waals surface area contributed by atoms with Gasteiger partial charge in [0.15, 0.2) is 15.0 Å². The molecule has 0 fully saturated rings. The van der Waals surface area contributed by atoms with Crippen molar-refractivity contribution in [3.05, 3.63) is 53.8 Å². The zero-order chi connectivity index (χ0) is 21.9. The van der Waals surface area contributed by atoms with Gasteiger partial charge in [0.05, 0.1) is 9.60 Å². The van der Waals surface area contributed by atoms with Crippen LogP contribution < -0.4 is 4.90 Å². The molecule has 0 aliphatic heterocycles. The summed E-state index contributed by atoms with van der Waals surface area (Å²) < 4.78 is 38.3. The standard InChI is InChI=1S/C21H24FN3O3S2.ClH/c1-4-24(5-2)13-14-25(20(26)15-9-11-16(22)12-10-15)21-23-19-17(29-21)7-6-8-18(19)30(3,27)28;/h6-12H,4-5,13-14H2,1-3H3;1H. The number of rotatable bonds is 8. The zero-order valence-electron chi connectivity index (χ0n) is 17.5. The molecule has 0 aliphatic rings. The van der Waals surface area contributed by atoms with Crippen molar-refractivity contribution in [2.24, 2.45) is 0 Å². The molecule has 1 amide bonds. The van der Waals surface area contributed by atoms with E-state index in [4.69, 9.17) is 0 Å². The Kier molecular flexibility index (Phi) is 8.53. The lowest BCUT2D eigenvalue weighted by Gasteiger charge is -2.24. The second-order valence-electron chi connectivity index (χ2n) is 6.86. The van der Waals surface area contributed by atoms with E-state index in [9.17, 15) is 17.6 Å². The third-order valence-corrected chi connectivity index (χ3v) is 7.04. The summed E-state index contributed by atoms with van der Waals surface area (Å²) in [6.45, 7) is 6.79. The number of aromatic nitrogens is 1. The van der Waals surface area contributed by atoms with Crippen molar-refractivity contribution >= 4 is 54.8 Å². The van der Waals surface area contributed by atoms with Gasteiger partial charge in [-0.2, -0.15) is 0 Å². The van der Waals surface area contributed by atoms with Crippen LogP contribution in [0, 0.1) is 5.82 Å². The highest BCUT2D eigenvalue weighted by Gasteiger charge is 2.24. The van der Waals surface area contributed by atoms with Crippen LogP contribution in [0.5, 0.6) is 0 Å². The average molecular weight is 486 g/mol. The van der Waals surface area contributed by atoms with Crippen LogP contribution in [-0.4, -0.2) is 56.6 Å². The lowest BCUT2D eigenvalue weighted by Crippen LogP contribution is -2.38. The summed E-state index contributed by atoms with van der Waals surface area (Å²) in [4.78, 5) is 21.6. The molecule has 3 rings (SSSR count). The molecule has 1 heterocycles. The number of carbonyl (C=O) groups excluding carboxylic acids is 1. The van der Waals surface area contributed by atoms with Gasteiger partial charge < -0.3 is 4.90 Å². The smallest absolute Gasteiger partial charge is 0.260 e. The van der Waals surface area contributed by atoms with Gasteiger partial charge in [0, 0.05) is 24.9 Å². The Morgan fingerprint density at radius 3 is 2.29 bits per heavy atom. The fourth-order valence-electron chi connectivity index (χ4n) is 3.14. The van der Waals surface area contributed by atoms with Gasteiger partial charge in [-0.15, -0.1) is 12.4 Å². The molecule has 10 heteroatoms. The van der Waals surface area contributed by atoms with Crippen LogP contribution in [-0.2, 0) is 9.84 Å². The molecule has 0 saturated heterocycles. The first-order valence-corrected chi connectivity index (χ1v) is 12.3. The molecule has 3 aromatic rings. The third kappa shape index (κ3) is 5.79. The van der Waals surface area contributed by atoms with Crippen molar-refractivity contribution in [1.82, 2.24) is 9.88 Å². The van der Waals surface area contributed by atoms with E-state index < -0.39 is 15.7 Å². The van der Waals surface area contributed by atoms with Gasteiger partial charge in [-0.3, -0.25) is 9.69 Å². The van der Waals surface area contributed by atoms with Crippen LogP contribution in [0.3, 0.4) is 0 Å². The lowest BCUT2D eigenvalue weighted by atomic mass is 10.2. The van der Waals surface area contributed by atoms with E-state index in [0.29, 0.717) is 34.0 Å². The van der Waals surface area contributed by atoms with E-state index in [2.05, 4.69) is 9.88 Å². The Morgan fingerprint density at radius 2 is 1.71 bits per heavy atom. The van der Waals surface area contributed by atoms with Crippen LogP contribution in [0.4, 0.5) is 9.52 Å². The minimum Gasteiger partial charge on any atom is -0.302 e. The highest BCUT2D eigenvalue weighted by molar-refractivity contribution is 7.91. The van der Waals surface area contributed by atoms with Crippen LogP contribution in [0.15, 0.2) is 47.4 Å². The van der Waals surface area contributed by atoms with Crippen LogP contribution in [0.25, 0.3) is 10.2 Å². The maximum Gasteiger partial charge on any atom is 0.260 e. The molecule has 0 radical (unpaired) electrons. The zero-order valence-corrected chi connectivity index (χ0v) is 20.0. The molecule has 0 atom stereocenters. The summed E-state index contributed by atoms with van der Waals surface area (Å²) in [6, 6.07) is 10.3. The Labute approximate surface area is 192 Å². The number of amides is 1. The number of halogens is 2. The number of carbonyl (C=O) groups is 1. The molecular weight excluding hydrogens is 461 g/mol. The summed E-state index contributed by atoms with van der Waals surface area (Å²) >= 11 is 1.27. The molecule has 0 spiro atoms. The topological polar surface area (TPSA) is 70.6 Å². The number of fused-ring (bicyclic) bond motifs is 1. The summed E-state index contributed by atoms with van der Waals surface area (Å²) in [5.41, 5.74) is 0.707. The van der Waals surface area contributed by atoms with Crippen LogP contribution in [0.2, 0.25) is 0 Å². The molecule has 1 aromatic heterocycles. The quantitative estimate of drug-likeness (QED) is 0.477. The summed E-state index contributed by atoms with van der Waals surface area (Å²) in [6.07, 6.45) is 1.14. The van der Waals surface area contributed by atoms with Gasteiger partial charge in [0.2, 0.25) is 0 Å². The van der Waals surface area contributed by atoms with Gasteiger partial charge in [-0.05, 0) is 49.5 Å². The number of anilines is 1. The second-order valence-corrected chi connectivity index (χ2v) is 9.86. The maximum atomic E-state index is 13.3. The minimum atomic E-state index is -3.46. The predicted octanol–water partition coefficient (Wildman–Crippen LogP) is 4.25. The third-order valence-electron chi connectivity index (χ3n) is 4.87. The van der Waals surface area contributed by atoms with Crippen molar-refractivity contribution in [2.75, 3.05) is 37.3 Å². The summed E-state index contributed by atoms with van der Waals surface area (Å²) in [5, 5.41) is 0.419. The molecule has 0 aliphatic carbocycles. The van der Waals surface area contributed by atoms with E-state index in [1.807, 2.05) is 13.8 Å². The Morgan fingerprint density at radius 1 is 1.06 bits per heavy atom. The first kappa shape index (κ1) is 25.2. The predicted molar refractivity (Wildman–Crippen MR) is 126 cm³/mol. The fourth-order valence-corrected chi connectivity index (χ4v) is 5.05. The highest BCUT2D eigenvalue weighted by Crippen LogP contribution is 2.33. The van der Waals surface area contributed by atoms with E-state index in [-0.39, 0.29) is 23.2 Å². The lowest BCUT2D eigenvalue weighted by molar-refractivity contribution is 0.0983. The van der Waals surface area contributed by atoms with E-state index in [1.54, 1.807) is 17.0 Å². The van der Waals surface area contributed by atoms with Gasteiger partial charge in [0.1, 0.15) is 11.3 Å². The monoisotopic (exact) mass is 485 g/mol. The van der Waals surface area contributed by atoms with Crippen molar-refractivity contribution in [2.45, 2.75) is 18.7 Å².